The Balaban J connectivity index is 2.43. The Morgan fingerprint density at radius 2 is 2.35 bits per heavy atom. The summed E-state index contributed by atoms with van der Waals surface area (Å²) in [5.41, 5.74) is 1.20. The largest absolute Gasteiger partial charge is 0.379 e. The third-order valence-electron chi connectivity index (χ3n) is 2.90. The molecule has 0 N–H and O–H groups in total. The SMILES string of the molecule is CC(C)(C)c1cc(N=C=S)nn1C1CCOC1. The summed E-state index contributed by atoms with van der Waals surface area (Å²) in [6.07, 6.45) is 1.01. The molecule has 1 fully saturated rings. The number of hydrogen-bond acceptors (Lipinski definition) is 4. The van der Waals surface area contributed by atoms with Crippen LogP contribution in [0.15, 0.2) is 11.1 Å². The molecular formula is C12H17N3OS. The first-order chi connectivity index (χ1) is 8.02. The van der Waals surface area contributed by atoms with Gasteiger partial charge in [-0.3, -0.25) is 4.68 Å². The highest BCUT2D eigenvalue weighted by atomic mass is 32.1. The fraction of sp³-hybridized carbons (Fsp3) is 0.667. The lowest BCUT2D eigenvalue weighted by Crippen LogP contribution is -2.22. The molecule has 4 nitrogen and oxygen atoms in total. The van der Waals surface area contributed by atoms with Gasteiger partial charge in [0.15, 0.2) is 5.82 Å². The van der Waals surface area contributed by atoms with Crippen LogP contribution in [0, 0.1) is 0 Å². The van der Waals surface area contributed by atoms with Crippen LogP contribution in [0.5, 0.6) is 0 Å². The molecule has 0 saturated carbocycles. The molecule has 1 aromatic rings. The highest BCUT2D eigenvalue weighted by molar-refractivity contribution is 7.78. The van der Waals surface area contributed by atoms with Gasteiger partial charge in [0.2, 0.25) is 0 Å². The Morgan fingerprint density at radius 1 is 1.59 bits per heavy atom. The number of rotatable bonds is 2. The minimum Gasteiger partial charge on any atom is -0.379 e. The highest BCUT2D eigenvalue weighted by Gasteiger charge is 2.27. The lowest BCUT2D eigenvalue weighted by molar-refractivity contribution is 0.183. The first kappa shape index (κ1) is 12.4. The molecule has 1 unspecified atom stereocenters. The number of isothiocyanates is 1. The van der Waals surface area contributed by atoms with Crippen LogP contribution in [0.25, 0.3) is 0 Å². The van der Waals surface area contributed by atoms with Crippen molar-refractivity contribution in [3.63, 3.8) is 0 Å². The van der Waals surface area contributed by atoms with Gasteiger partial charge in [0, 0.05) is 23.8 Å². The molecule has 1 saturated heterocycles. The highest BCUT2D eigenvalue weighted by Crippen LogP contribution is 2.30. The number of aromatic nitrogens is 2. The zero-order valence-electron chi connectivity index (χ0n) is 10.4. The smallest absolute Gasteiger partial charge is 0.184 e. The molecular weight excluding hydrogens is 234 g/mol. The molecule has 0 amide bonds. The molecule has 1 aliphatic rings. The average Bonchev–Trinajstić information content (AvgIpc) is 2.82. The molecule has 1 atom stereocenters. The van der Waals surface area contributed by atoms with Gasteiger partial charge in [0.25, 0.3) is 0 Å². The van der Waals surface area contributed by atoms with Crippen LogP contribution in [-0.4, -0.2) is 28.2 Å². The van der Waals surface area contributed by atoms with Gasteiger partial charge >= 0.3 is 0 Å². The summed E-state index contributed by atoms with van der Waals surface area (Å²) in [4.78, 5) is 3.96. The monoisotopic (exact) mass is 251 g/mol. The van der Waals surface area contributed by atoms with E-state index in [9.17, 15) is 0 Å². The maximum Gasteiger partial charge on any atom is 0.184 e. The maximum absolute atomic E-state index is 5.42. The second-order valence-electron chi connectivity index (χ2n) is 5.30. The van der Waals surface area contributed by atoms with Crippen molar-refractivity contribution in [3.8, 4) is 0 Å². The van der Waals surface area contributed by atoms with Crippen LogP contribution >= 0.6 is 12.2 Å². The summed E-state index contributed by atoms with van der Waals surface area (Å²) in [5, 5.41) is 6.86. The van der Waals surface area contributed by atoms with Crippen molar-refractivity contribution in [1.82, 2.24) is 9.78 Å². The summed E-state index contributed by atoms with van der Waals surface area (Å²) >= 11 is 4.62. The summed E-state index contributed by atoms with van der Waals surface area (Å²) in [6.45, 7) is 8.04. The van der Waals surface area contributed by atoms with Crippen molar-refractivity contribution in [2.45, 2.75) is 38.6 Å². The van der Waals surface area contributed by atoms with E-state index < -0.39 is 0 Å². The minimum atomic E-state index is 0.0326. The second-order valence-corrected chi connectivity index (χ2v) is 5.49. The zero-order valence-corrected chi connectivity index (χ0v) is 11.3. The van der Waals surface area contributed by atoms with E-state index in [0.29, 0.717) is 11.9 Å². The van der Waals surface area contributed by atoms with Gasteiger partial charge in [-0.2, -0.15) is 10.1 Å². The molecule has 0 bridgehead atoms. The molecule has 0 aliphatic carbocycles. The Morgan fingerprint density at radius 3 is 2.88 bits per heavy atom. The van der Waals surface area contributed by atoms with E-state index in [4.69, 9.17) is 4.74 Å². The van der Waals surface area contributed by atoms with Crippen molar-refractivity contribution >= 4 is 23.2 Å². The van der Waals surface area contributed by atoms with Crippen LogP contribution in [0.3, 0.4) is 0 Å². The quantitative estimate of drug-likeness (QED) is 0.599. The summed E-state index contributed by atoms with van der Waals surface area (Å²) < 4.78 is 7.46. The number of nitrogens with zero attached hydrogens (tertiary/aromatic N) is 3. The van der Waals surface area contributed by atoms with Crippen LogP contribution in [0.4, 0.5) is 5.82 Å². The van der Waals surface area contributed by atoms with Gasteiger partial charge in [-0.1, -0.05) is 20.8 Å². The van der Waals surface area contributed by atoms with E-state index >= 15 is 0 Å². The van der Waals surface area contributed by atoms with Gasteiger partial charge < -0.3 is 4.74 Å². The third kappa shape index (κ3) is 2.63. The molecule has 1 aromatic heterocycles. The van der Waals surface area contributed by atoms with Crippen molar-refractivity contribution in [2.24, 2.45) is 4.99 Å². The molecule has 2 heterocycles. The van der Waals surface area contributed by atoms with Crippen LogP contribution in [0.2, 0.25) is 0 Å². The second kappa shape index (κ2) is 4.69. The van der Waals surface area contributed by atoms with E-state index in [1.165, 1.54) is 0 Å². The lowest BCUT2D eigenvalue weighted by atomic mass is 9.91. The molecule has 5 heteroatoms. The molecule has 0 radical (unpaired) electrons. The zero-order chi connectivity index (χ0) is 12.5. The maximum atomic E-state index is 5.42. The predicted molar refractivity (Wildman–Crippen MR) is 70.1 cm³/mol. The Hall–Kier alpha value is -1.03. The average molecular weight is 251 g/mol. The Bertz CT molecular complexity index is 449. The molecule has 17 heavy (non-hydrogen) atoms. The Labute approximate surface area is 107 Å². The first-order valence-electron chi connectivity index (χ1n) is 5.78. The van der Waals surface area contributed by atoms with E-state index in [1.54, 1.807) is 0 Å². The summed E-state index contributed by atoms with van der Waals surface area (Å²) in [7, 11) is 0. The molecule has 1 aliphatic heterocycles. The Kier molecular flexibility index (Phi) is 3.43. The van der Waals surface area contributed by atoms with Gasteiger partial charge in [-0.25, -0.2) is 0 Å². The van der Waals surface area contributed by atoms with Crippen LogP contribution < -0.4 is 0 Å². The van der Waals surface area contributed by atoms with Gasteiger partial charge in [-0.15, -0.1) is 0 Å². The topological polar surface area (TPSA) is 39.4 Å². The number of thiocarbonyl (C=S) groups is 1. The standard InChI is InChI=1S/C12H17N3OS/c1-12(2,3)10-6-11(13-8-17)14-15(10)9-4-5-16-7-9/h6,9H,4-5,7H2,1-3H3. The lowest BCUT2D eigenvalue weighted by Gasteiger charge is -2.22. The number of aliphatic imine (C=N–C) groups is 1. The van der Waals surface area contributed by atoms with Gasteiger partial charge in [0.05, 0.1) is 17.8 Å². The summed E-state index contributed by atoms with van der Waals surface area (Å²) in [5.74, 6) is 0.636. The molecule has 0 aromatic carbocycles. The van der Waals surface area contributed by atoms with Crippen molar-refractivity contribution in [2.75, 3.05) is 13.2 Å². The van der Waals surface area contributed by atoms with E-state index in [2.05, 4.69) is 48.2 Å². The van der Waals surface area contributed by atoms with Crippen molar-refractivity contribution in [3.05, 3.63) is 11.8 Å². The predicted octanol–water partition coefficient (Wildman–Crippen LogP) is 2.88. The van der Waals surface area contributed by atoms with Crippen molar-refractivity contribution in [1.29, 1.82) is 0 Å². The van der Waals surface area contributed by atoms with E-state index in [0.717, 1.165) is 25.3 Å². The van der Waals surface area contributed by atoms with E-state index in [-0.39, 0.29) is 5.41 Å². The fourth-order valence-corrected chi connectivity index (χ4v) is 2.13. The number of hydrogen-bond donors (Lipinski definition) is 0. The first-order valence-corrected chi connectivity index (χ1v) is 6.19. The normalized spacial score (nSPS) is 20.3. The summed E-state index contributed by atoms with van der Waals surface area (Å²) in [6, 6.07) is 2.30. The molecule has 0 spiro atoms. The van der Waals surface area contributed by atoms with E-state index in [1.807, 2.05) is 10.7 Å². The minimum absolute atomic E-state index is 0.0326. The van der Waals surface area contributed by atoms with Gasteiger partial charge in [0.1, 0.15) is 0 Å². The molecule has 92 valence electrons. The number of ether oxygens (including phenoxy) is 1. The third-order valence-corrected chi connectivity index (χ3v) is 2.99. The van der Waals surface area contributed by atoms with Crippen LogP contribution in [0.1, 0.15) is 38.9 Å². The van der Waals surface area contributed by atoms with Gasteiger partial charge in [-0.05, 0) is 18.6 Å². The van der Waals surface area contributed by atoms with Crippen LogP contribution in [-0.2, 0) is 10.2 Å². The fourth-order valence-electron chi connectivity index (χ4n) is 2.04. The van der Waals surface area contributed by atoms with Crippen molar-refractivity contribution < 1.29 is 4.74 Å². The molecule has 2 rings (SSSR count).